The molecule has 0 radical (unpaired) electrons. The normalized spacial score (nSPS) is 16.0. The molecule has 1 saturated heterocycles. The molecule has 1 aromatic heterocycles. The van der Waals surface area contributed by atoms with Gasteiger partial charge in [-0.25, -0.2) is 9.07 Å². The third-order valence-corrected chi connectivity index (χ3v) is 5.22. The van der Waals surface area contributed by atoms with Crippen LogP contribution >= 0.6 is 0 Å². The lowest BCUT2D eigenvalue weighted by atomic mass is 10.1. The predicted molar refractivity (Wildman–Crippen MR) is 104 cm³/mol. The minimum absolute atomic E-state index is 0.0950. The van der Waals surface area contributed by atoms with Gasteiger partial charge in [0, 0.05) is 37.2 Å². The van der Waals surface area contributed by atoms with Gasteiger partial charge in [-0.1, -0.05) is 12.5 Å². The number of halogens is 1. The van der Waals surface area contributed by atoms with Crippen molar-refractivity contribution in [1.82, 2.24) is 20.0 Å². The van der Waals surface area contributed by atoms with Crippen molar-refractivity contribution >= 4 is 11.8 Å². The van der Waals surface area contributed by atoms with Gasteiger partial charge in [0.1, 0.15) is 5.82 Å². The van der Waals surface area contributed by atoms with Crippen molar-refractivity contribution in [3.8, 4) is 5.69 Å². The van der Waals surface area contributed by atoms with Crippen molar-refractivity contribution < 1.29 is 14.0 Å². The second-order valence-corrected chi connectivity index (χ2v) is 7.31. The molecule has 0 spiro atoms. The van der Waals surface area contributed by atoms with Crippen molar-refractivity contribution in [2.45, 2.75) is 52.0 Å². The highest BCUT2D eigenvalue weighted by molar-refractivity contribution is 5.79. The zero-order chi connectivity index (χ0) is 20.1. The summed E-state index contributed by atoms with van der Waals surface area (Å²) in [6.45, 7) is 4.99. The molecule has 0 bridgehead atoms. The van der Waals surface area contributed by atoms with Crippen LogP contribution in [0.15, 0.2) is 30.5 Å². The van der Waals surface area contributed by atoms with Gasteiger partial charge in [-0.05, 0) is 44.9 Å². The molecule has 2 heterocycles. The second kappa shape index (κ2) is 8.99. The van der Waals surface area contributed by atoms with Gasteiger partial charge in [0.2, 0.25) is 11.8 Å². The number of hydrogen-bond donors (Lipinski definition) is 1. The van der Waals surface area contributed by atoms with Crippen molar-refractivity contribution in [3.63, 3.8) is 0 Å². The van der Waals surface area contributed by atoms with Crippen LogP contribution in [0.5, 0.6) is 0 Å². The summed E-state index contributed by atoms with van der Waals surface area (Å²) in [6, 6.07) is 6.01. The van der Waals surface area contributed by atoms with Crippen molar-refractivity contribution in [3.05, 3.63) is 47.5 Å². The van der Waals surface area contributed by atoms with Crippen LogP contribution < -0.4 is 5.32 Å². The van der Waals surface area contributed by atoms with E-state index in [1.54, 1.807) is 27.9 Å². The minimum Gasteiger partial charge on any atom is -0.349 e. The third-order valence-electron chi connectivity index (χ3n) is 5.22. The highest BCUT2D eigenvalue weighted by atomic mass is 19.1. The molecule has 1 N–H and O–H groups in total. The highest BCUT2D eigenvalue weighted by Crippen LogP contribution is 2.21. The highest BCUT2D eigenvalue weighted by Gasteiger charge is 2.19. The lowest BCUT2D eigenvalue weighted by Gasteiger charge is -2.21. The van der Waals surface area contributed by atoms with E-state index >= 15 is 0 Å². The van der Waals surface area contributed by atoms with Gasteiger partial charge in [0.15, 0.2) is 0 Å². The van der Waals surface area contributed by atoms with E-state index in [1.165, 1.54) is 12.1 Å². The number of carbonyl (C=O) groups is 2. The molecule has 28 heavy (non-hydrogen) atoms. The second-order valence-electron chi connectivity index (χ2n) is 7.31. The molecular formula is C21H27FN4O2. The Balaban J connectivity index is 1.59. The maximum Gasteiger partial charge on any atom is 0.222 e. The van der Waals surface area contributed by atoms with E-state index in [-0.39, 0.29) is 30.1 Å². The summed E-state index contributed by atoms with van der Waals surface area (Å²) in [7, 11) is 0. The fraction of sp³-hybridized carbons (Fsp3) is 0.476. The average Bonchev–Trinajstić information content (AvgIpc) is 2.92. The Morgan fingerprint density at radius 3 is 2.93 bits per heavy atom. The van der Waals surface area contributed by atoms with Crippen LogP contribution in [-0.2, 0) is 9.59 Å². The number of hydrogen-bond acceptors (Lipinski definition) is 3. The summed E-state index contributed by atoms with van der Waals surface area (Å²) in [5.74, 6) is -0.272. The Kier molecular flexibility index (Phi) is 6.44. The van der Waals surface area contributed by atoms with Gasteiger partial charge in [-0.15, -0.1) is 0 Å². The number of rotatable bonds is 6. The number of carbonyl (C=O) groups excluding carboxylic acids is 2. The summed E-state index contributed by atoms with van der Waals surface area (Å²) < 4.78 is 15.2. The largest absolute Gasteiger partial charge is 0.349 e. The molecule has 1 aliphatic rings. The maximum absolute atomic E-state index is 13.5. The Morgan fingerprint density at radius 1 is 1.32 bits per heavy atom. The molecule has 6 nitrogen and oxygen atoms in total. The standard InChI is InChI=1S/C21H27FN4O2/c1-15(24-20(27)10-12-25-11-5-3-4-9-21(25)28)19-14-23-26(16(19)2)18-8-6-7-17(22)13-18/h6-8,13-15H,3-5,9-12H2,1-2H3,(H,24,27)/t15-/m1/s1. The van der Waals surface area contributed by atoms with Gasteiger partial charge in [0.05, 0.1) is 17.9 Å². The van der Waals surface area contributed by atoms with Crippen LogP contribution in [0.1, 0.15) is 56.3 Å². The molecule has 7 heteroatoms. The van der Waals surface area contributed by atoms with Crippen LogP contribution in [0.25, 0.3) is 5.69 Å². The quantitative estimate of drug-likeness (QED) is 0.828. The van der Waals surface area contributed by atoms with Crippen molar-refractivity contribution in [2.24, 2.45) is 0 Å². The van der Waals surface area contributed by atoms with Gasteiger partial charge < -0.3 is 10.2 Å². The van der Waals surface area contributed by atoms with E-state index in [2.05, 4.69) is 10.4 Å². The lowest BCUT2D eigenvalue weighted by Crippen LogP contribution is -2.35. The SMILES string of the molecule is Cc1c([C@@H](C)NC(=O)CCN2CCCCCC2=O)cnn1-c1cccc(F)c1. The molecule has 1 atom stereocenters. The van der Waals surface area contributed by atoms with Crippen LogP contribution in [0.3, 0.4) is 0 Å². The average molecular weight is 386 g/mol. The minimum atomic E-state index is -0.321. The monoisotopic (exact) mass is 386 g/mol. The van der Waals surface area contributed by atoms with Crippen LogP contribution in [-0.4, -0.2) is 39.6 Å². The summed E-state index contributed by atoms with van der Waals surface area (Å²) in [5, 5.41) is 7.32. The molecule has 1 aliphatic heterocycles. The van der Waals surface area contributed by atoms with Crippen LogP contribution in [0.4, 0.5) is 4.39 Å². The van der Waals surface area contributed by atoms with Crippen molar-refractivity contribution in [2.75, 3.05) is 13.1 Å². The zero-order valence-electron chi connectivity index (χ0n) is 16.4. The first-order valence-electron chi connectivity index (χ1n) is 9.83. The first-order valence-corrected chi connectivity index (χ1v) is 9.83. The molecule has 3 rings (SSSR count). The van der Waals surface area contributed by atoms with E-state index in [0.29, 0.717) is 18.7 Å². The summed E-state index contributed by atoms with van der Waals surface area (Å²) >= 11 is 0. The molecule has 0 aliphatic carbocycles. The summed E-state index contributed by atoms with van der Waals surface area (Å²) in [4.78, 5) is 26.2. The Hall–Kier alpha value is -2.70. The lowest BCUT2D eigenvalue weighted by molar-refractivity contribution is -0.131. The smallest absolute Gasteiger partial charge is 0.222 e. The number of nitrogens with one attached hydrogen (secondary N) is 1. The fourth-order valence-electron chi connectivity index (χ4n) is 3.62. The topological polar surface area (TPSA) is 67.2 Å². The fourth-order valence-corrected chi connectivity index (χ4v) is 3.62. The maximum atomic E-state index is 13.5. The molecule has 2 amide bonds. The first-order chi connectivity index (χ1) is 13.5. The van der Waals surface area contributed by atoms with Crippen molar-refractivity contribution in [1.29, 1.82) is 0 Å². The van der Waals surface area contributed by atoms with Gasteiger partial charge in [-0.2, -0.15) is 5.10 Å². The van der Waals surface area contributed by atoms with E-state index in [0.717, 1.165) is 37.1 Å². The Bertz CT molecular complexity index is 849. The van der Waals surface area contributed by atoms with Crippen LogP contribution in [0, 0.1) is 12.7 Å². The van der Waals surface area contributed by atoms with E-state index in [9.17, 15) is 14.0 Å². The van der Waals surface area contributed by atoms with Gasteiger partial charge >= 0.3 is 0 Å². The van der Waals surface area contributed by atoms with E-state index in [1.807, 2.05) is 13.8 Å². The number of likely N-dealkylation sites (tertiary alicyclic amines) is 1. The summed E-state index contributed by atoms with van der Waals surface area (Å²) in [5.41, 5.74) is 2.37. The van der Waals surface area contributed by atoms with Gasteiger partial charge in [-0.3, -0.25) is 9.59 Å². The number of aromatic nitrogens is 2. The molecule has 1 fully saturated rings. The first kappa shape index (κ1) is 20.0. The summed E-state index contributed by atoms with van der Waals surface area (Å²) in [6.07, 6.45) is 5.57. The Labute approximate surface area is 164 Å². The van der Waals surface area contributed by atoms with Gasteiger partial charge in [0.25, 0.3) is 0 Å². The molecule has 0 unspecified atom stereocenters. The number of amides is 2. The molecule has 150 valence electrons. The molecule has 1 aromatic carbocycles. The van der Waals surface area contributed by atoms with E-state index in [4.69, 9.17) is 0 Å². The number of nitrogens with zero attached hydrogens (tertiary/aromatic N) is 3. The molecule has 2 aromatic rings. The Morgan fingerprint density at radius 2 is 2.14 bits per heavy atom. The third kappa shape index (κ3) is 4.77. The molecular weight excluding hydrogens is 359 g/mol. The molecule has 0 saturated carbocycles. The zero-order valence-corrected chi connectivity index (χ0v) is 16.4. The predicted octanol–water partition coefficient (Wildman–Crippen LogP) is 3.29. The van der Waals surface area contributed by atoms with Crippen LogP contribution in [0.2, 0.25) is 0 Å². The number of benzene rings is 1. The van der Waals surface area contributed by atoms with E-state index < -0.39 is 0 Å².